The fourth-order valence-electron chi connectivity index (χ4n) is 10.9. The summed E-state index contributed by atoms with van der Waals surface area (Å²) < 4.78 is 6.99. The lowest BCUT2D eigenvalue weighted by Gasteiger charge is -2.45. The van der Waals surface area contributed by atoms with Crippen molar-refractivity contribution < 1.29 is 4.42 Å². The largest absolute Gasteiger partial charge is 0.455 e. The van der Waals surface area contributed by atoms with Gasteiger partial charge >= 0.3 is 0 Å². The van der Waals surface area contributed by atoms with Crippen molar-refractivity contribution >= 4 is 45.1 Å². The van der Waals surface area contributed by atoms with E-state index in [1.54, 1.807) is 0 Å². The number of furan rings is 1. The number of nitrogens with zero attached hydrogens (tertiary/aromatic N) is 2. The van der Waals surface area contributed by atoms with Crippen LogP contribution in [0.5, 0.6) is 0 Å². The van der Waals surface area contributed by atoms with E-state index in [0.29, 0.717) is 0 Å². The molecule has 0 fully saturated rings. The lowest BCUT2D eigenvalue weighted by atomic mass is 9.64. The third kappa shape index (κ3) is 5.77. The van der Waals surface area contributed by atoms with Crippen LogP contribution in [-0.4, -0.2) is 0 Å². The minimum Gasteiger partial charge on any atom is -0.455 e. The van der Waals surface area contributed by atoms with E-state index in [1.165, 1.54) is 50.2 Å². The Morgan fingerprint density at radius 1 is 0.348 bits per heavy atom. The number of hydrogen-bond donors (Lipinski definition) is 0. The number of anilines is 6. The highest BCUT2D eigenvalue weighted by atomic mass is 16.3. The van der Waals surface area contributed by atoms with Gasteiger partial charge in [0.05, 0.1) is 16.8 Å². The molecule has 0 amide bonds. The molecule has 0 bridgehead atoms. The third-order valence-electron chi connectivity index (χ3n) is 13.7. The Bertz CT molecular complexity index is 3530. The SMILES string of the molecule is c1ccc(-c2ccc(N(c3ccc4c(c3)C3(c5ccccc5-c5ccccc53)c3ccccc3N4c3ccccc3)c3ccc4c(-c5ccccc5)c(-c5ccccc5)oc4c3)cc2)cc1. The van der Waals surface area contributed by atoms with E-state index in [9.17, 15) is 0 Å². The summed E-state index contributed by atoms with van der Waals surface area (Å²) in [7, 11) is 0. The minimum absolute atomic E-state index is 0.594. The van der Waals surface area contributed by atoms with Crippen LogP contribution in [0.1, 0.15) is 22.3 Å². The highest BCUT2D eigenvalue weighted by Gasteiger charge is 2.51. The van der Waals surface area contributed by atoms with Crippen LogP contribution in [0.25, 0.3) is 55.7 Å². The molecule has 2 heterocycles. The summed E-state index contributed by atoms with van der Waals surface area (Å²) in [5.74, 6) is 0.863. The molecule has 1 aliphatic heterocycles. The molecule has 13 rings (SSSR count). The van der Waals surface area contributed by atoms with Gasteiger partial charge in [-0.05, 0) is 111 Å². The predicted octanol–water partition coefficient (Wildman–Crippen LogP) is 17.0. The Morgan fingerprint density at radius 2 is 0.833 bits per heavy atom. The van der Waals surface area contributed by atoms with Gasteiger partial charge in [-0.25, -0.2) is 0 Å². The van der Waals surface area contributed by atoms with E-state index in [1.807, 2.05) is 0 Å². The zero-order valence-electron chi connectivity index (χ0n) is 36.1. The molecular weight excluding hydrogens is 801 g/mol. The standard InChI is InChI=1S/C63H42N2O/c1-5-19-43(20-6-1)44-33-35-48(36-34-44)64(50-37-39-53-60(42-50)66-62(46-23-9-3-10-24-46)61(53)45-21-7-2-8-22-45)49-38-40-59-57(41-49)63(54-29-15-13-27-51(54)52-28-14-16-30-55(52)63)56-31-17-18-32-58(56)65(59)47-25-11-4-12-26-47/h1-42H. The minimum atomic E-state index is -0.594. The van der Waals surface area contributed by atoms with Crippen molar-refractivity contribution in [3.05, 3.63) is 277 Å². The highest BCUT2D eigenvalue weighted by Crippen LogP contribution is 2.64. The van der Waals surface area contributed by atoms with E-state index in [-0.39, 0.29) is 0 Å². The molecule has 3 heteroatoms. The zero-order chi connectivity index (χ0) is 43.6. The summed E-state index contributed by atoms with van der Waals surface area (Å²) in [6.07, 6.45) is 0. The second-order valence-electron chi connectivity index (χ2n) is 17.2. The van der Waals surface area contributed by atoms with Crippen molar-refractivity contribution in [1.29, 1.82) is 0 Å². The molecule has 11 aromatic rings. The molecule has 1 aromatic heterocycles. The van der Waals surface area contributed by atoms with Gasteiger partial charge in [0.15, 0.2) is 0 Å². The molecule has 1 aliphatic carbocycles. The maximum Gasteiger partial charge on any atom is 0.143 e. The number of rotatable bonds is 7. The van der Waals surface area contributed by atoms with E-state index in [2.05, 4.69) is 265 Å². The quantitative estimate of drug-likeness (QED) is 0.159. The van der Waals surface area contributed by atoms with Gasteiger partial charge < -0.3 is 14.2 Å². The Hall–Kier alpha value is -8.66. The van der Waals surface area contributed by atoms with Gasteiger partial charge in [0.25, 0.3) is 0 Å². The zero-order valence-corrected chi connectivity index (χ0v) is 36.1. The molecule has 66 heavy (non-hydrogen) atoms. The van der Waals surface area contributed by atoms with Crippen LogP contribution in [0.4, 0.5) is 34.1 Å². The maximum absolute atomic E-state index is 6.99. The summed E-state index contributed by atoms with van der Waals surface area (Å²) in [4.78, 5) is 4.85. The average molecular weight is 843 g/mol. The van der Waals surface area contributed by atoms with E-state index in [0.717, 1.165) is 61.9 Å². The topological polar surface area (TPSA) is 19.6 Å². The molecule has 0 atom stereocenters. The summed E-state index contributed by atoms with van der Waals surface area (Å²) in [6.45, 7) is 0. The Kier molecular flexibility index (Phi) is 8.75. The summed E-state index contributed by atoms with van der Waals surface area (Å²) in [5.41, 5.74) is 20.0. The molecule has 1 spiro atoms. The molecule has 10 aromatic carbocycles. The van der Waals surface area contributed by atoms with Crippen molar-refractivity contribution in [2.24, 2.45) is 0 Å². The second-order valence-corrected chi connectivity index (χ2v) is 17.2. The van der Waals surface area contributed by atoms with Crippen LogP contribution < -0.4 is 9.80 Å². The van der Waals surface area contributed by atoms with Crippen molar-refractivity contribution in [3.63, 3.8) is 0 Å². The summed E-state index contributed by atoms with van der Waals surface area (Å²) >= 11 is 0. The number of para-hydroxylation sites is 2. The predicted molar refractivity (Wildman–Crippen MR) is 273 cm³/mol. The van der Waals surface area contributed by atoms with Crippen LogP contribution in [0.3, 0.4) is 0 Å². The van der Waals surface area contributed by atoms with Crippen molar-refractivity contribution in [1.82, 2.24) is 0 Å². The molecule has 0 saturated carbocycles. The van der Waals surface area contributed by atoms with Crippen molar-refractivity contribution in [2.45, 2.75) is 5.41 Å². The van der Waals surface area contributed by atoms with Crippen LogP contribution in [0, 0.1) is 0 Å². The van der Waals surface area contributed by atoms with E-state index >= 15 is 0 Å². The first-order valence-corrected chi connectivity index (χ1v) is 22.7. The lowest BCUT2D eigenvalue weighted by Crippen LogP contribution is -2.36. The Balaban J connectivity index is 1.08. The number of fused-ring (bicyclic) bond motifs is 10. The fraction of sp³-hybridized carbons (Fsp3) is 0.0159. The average Bonchev–Trinajstić information content (AvgIpc) is 3.92. The highest BCUT2D eigenvalue weighted by molar-refractivity contribution is 6.04. The van der Waals surface area contributed by atoms with Gasteiger partial charge in [-0.3, -0.25) is 0 Å². The van der Waals surface area contributed by atoms with Gasteiger partial charge in [-0.1, -0.05) is 188 Å². The smallest absolute Gasteiger partial charge is 0.143 e. The summed E-state index contributed by atoms with van der Waals surface area (Å²) in [5, 5.41) is 1.07. The normalized spacial score (nSPS) is 12.9. The summed E-state index contributed by atoms with van der Waals surface area (Å²) in [6, 6.07) is 92.3. The first-order chi connectivity index (χ1) is 32.8. The van der Waals surface area contributed by atoms with E-state index < -0.39 is 5.41 Å². The van der Waals surface area contributed by atoms with Gasteiger partial charge in [0.1, 0.15) is 11.3 Å². The first kappa shape index (κ1) is 37.9. The number of benzene rings is 10. The fourth-order valence-corrected chi connectivity index (χ4v) is 10.9. The molecule has 2 aliphatic rings. The van der Waals surface area contributed by atoms with Gasteiger partial charge in [-0.2, -0.15) is 0 Å². The monoisotopic (exact) mass is 842 g/mol. The third-order valence-corrected chi connectivity index (χ3v) is 13.7. The molecule has 0 saturated heterocycles. The van der Waals surface area contributed by atoms with Gasteiger partial charge in [0, 0.05) is 45.3 Å². The van der Waals surface area contributed by atoms with Gasteiger partial charge in [-0.15, -0.1) is 0 Å². The van der Waals surface area contributed by atoms with Crippen molar-refractivity contribution in [2.75, 3.05) is 9.80 Å². The molecule has 3 nitrogen and oxygen atoms in total. The van der Waals surface area contributed by atoms with Gasteiger partial charge in [0.2, 0.25) is 0 Å². The Morgan fingerprint density at radius 3 is 1.50 bits per heavy atom. The molecule has 0 unspecified atom stereocenters. The van der Waals surface area contributed by atoms with Crippen LogP contribution in [0.15, 0.2) is 259 Å². The molecule has 0 radical (unpaired) electrons. The van der Waals surface area contributed by atoms with Crippen LogP contribution in [-0.2, 0) is 5.41 Å². The molecule has 0 N–H and O–H groups in total. The Labute approximate surface area is 384 Å². The van der Waals surface area contributed by atoms with E-state index in [4.69, 9.17) is 4.42 Å². The van der Waals surface area contributed by atoms with Crippen LogP contribution in [0.2, 0.25) is 0 Å². The number of hydrogen-bond acceptors (Lipinski definition) is 3. The first-order valence-electron chi connectivity index (χ1n) is 22.7. The van der Waals surface area contributed by atoms with Crippen LogP contribution >= 0.6 is 0 Å². The van der Waals surface area contributed by atoms with Crippen molar-refractivity contribution in [3.8, 4) is 44.7 Å². The maximum atomic E-state index is 6.99. The molecule has 310 valence electrons. The lowest BCUT2D eigenvalue weighted by molar-refractivity contribution is 0.632. The second kappa shape index (κ2) is 15.3. The molecular formula is C63H42N2O.